The van der Waals surface area contributed by atoms with Crippen molar-refractivity contribution in [2.24, 2.45) is 0 Å². The smallest absolute Gasteiger partial charge is 0.163 e. The van der Waals surface area contributed by atoms with Crippen LogP contribution in [-0.2, 0) is 6.61 Å². The highest BCUT2D eigenvalue weighted by molar-refractivity contribution is 6.31. The first-order chi connectivity index (χ1) is 14.1. The van der Waals surface area contributed by atoms with Crippen molar-refractivity contribution in [1.29, 1.82) is 0 Å². The van der Waals surface area contributed by atoms with E-state index in [0.29, 0.717) is 34.1 Å². The number of aliphatic hydroxyl groups excluding tert-OH is 1. The van der Waals surface area contributed by atoms with Crippen LogP contribution in [0.3, 0.4) is 0 Å². The minimum atomic E-state index is -0.588. The molecule has 0 fully saturated rings. The van der Waals surface area contributed by atoms with E-state index in [4.69, 9.17) is 21.1 Å². The van der Waals surface area contributed by atoms with Gasteiger partial charge in [0.1, 0.15) is 12.1 Å². The number of rotatable bonds is 5. The number of benzene rings is 2. The lowest BCUT2D eigenvalue weighted by atomic mass is 10.1. The Balaban J connectivity index is 1.92. The highest BCUT2D eigenvalue weighted by Crippen LogP contribution is 2.34. The molecular formula is C21H17ClFN3O3. The summed E-state index contributed by atoms with van der Waals surface area (Å²) < 4.78 is 27.1. The molecule has 0 unspecified atom stereocenters. The molecule has 1 N–H and O–H groups in total. The fourth-order valence-electron chi connectivity index (χ4n) is 3.18. The summed E-state index contributed by atoms with van der Waals surface area (Å²) in [5, 5.41) is 9.70. The van der Waals surface area contributed by atoms with Gasteiger partial charge in [0, 0.05) is 23.3 Å². The fourth-order valence-corrected chi connectivity index (χ4v) is 3.35. The standard InChI is InChI=1S/C21H17ClFN3O3/c1-28-17-8-15-16(9-18(17)29-2)26(11-24-15)19-7-6-12(10-27)21(25-19)13-4-3-5-14(22)20(13)23/h3-9,11,27H,10H2,1-2H3. The minimum Gasteiger partial charge on any atom is -0.493 e. The number of hydrogen-bond donors (Lipinski definition) is 1. The topological polar surface area (TPSA) is 69.4 Å². The van der Waals surface area contributed by atoms with E-state index in [2.05, 4.69) is 9.97 Å². The average molecular weight is 414 g/mol. The van der Waals surface area contributed by atoms with E-state index in [1.807, 2.05) is 0 Å². The Morgan fingerprint density at radius 3 is 2.59 bits per heavy atom. The van der Waals surface area contributed by atoms with Gasteiger partial charge in [-0.05, 0) is 18.2 Å². The van der Waals surface area contributed by atoms with Crippen LogP contribution in [0.5, 0.6) is 11.5 Å². The van der Waals surface area contributed by atoms with Crippen LogP contribution in [-0.4, -0.2) is 33.9 Å². The number of halogens is 2. The van der Waals surface area contributed by atoms with Gasteiger partial charge in [-0.25, -0.2) is 14.4 Å². The van der Waals surface area contributed by atoms with E-state index in [1.54, 1.807) is 61.5 Å². The first-order valence-corrected chi connectivity index (χ1v) is 9.09. The number of imidazole rings is 1. The Kier molecular flexibility index (Phi) is 5.08. The third-order valence-electron chi connectivity index (χ3n) is 4.64. The van der Waals surface area contributed by atoms with E-state index >= 15 is 0 Å². The molecular weight excluding hydrogens is 397 g/mol. The molecule has 29 heavy (non-hydrogen) atoms. The number of aliphatic hydroxyl groups is 1. The van der Waals surface area contributed by atoms with Gasteiger partial charge < -0.3 is 14.6 Å². The van der Waals surface area contributed by atoms with E-state index < -0.39 is 5.82 Å². The molecule has 0 aliphatic carbocycles. The molecule has 148 valence electrons. The molecule has 2 aromatic carbocycles. The second-order valence-corrected chi connectivity index (χ2v) is 6.65. The Hall–Kier alpha value is -3.16. The van der Waals surface area contributed by atoms with E-state index in [-0.39, 0.29) is 17.2 Å². The lowest BCUT2D eigenvalue weighted by molar-refractivity contribution is 0.282. The summed E-state index contributed by atoms with van der Waals surface area (Å²) in [5.41, 5.74) is 2.44. The van der Waals surface area contributed by atoms with Crippen LogP contribution in [0.15, 0.2) is 48.8 Å². The predicted molar refractivity (Wildman–Crippen MR) is 108 cm³/mol. The molecule has 6 nitrogen and oxygen atoms in total. The third kappa shape index (κ3) is 3.28. The largest absolute Gasteiger partial charge is 0.493 e. The van der Waals surface area contributed by atoms with Gasteiger partial charge in [0.05, 0.1) is 42.6 Å². The highest BCUT2D eigenvalue weighted by atomic mass is 35.5. The summed E-state index contributed by atoms with van der Waals surface area (Å²) in [5.74, 6) is 1.03. The van der Waals surface area contributed by atoms with Crippen molar-refractivity contribution in [2.45, 2.75) is 6.61 Å². The molecule has 0 radical (unpaired) electrons. The quantitative estimate of drug-likeness (QED) is 0.525. The normalized spacial score (nSPS) is 11.1. The van der Waals surface area contributed by atoms with Gasteiger partial charge in [-0.3, -0.25) is 4.57 Å². The van der Waals surface area contributed by atoms with Crippen LogP contribution < -0.4 is 9.47 Å². The summed E-state index contributed by atoms with van der Waals surface area (Å²) in [7, 11) is 3.11. The summed E-state index contributed by atoms with van der Waals surface area (Å²) >= 11 is 5.93. The highest BCUT2D eigenvalue weighted by Gasteiger charge is 2.17. The molecule has 0 bridgehead atoms. The van der Waals surface area contributed by atoms with E-state index in [9.17, 15) is 9.50 Å². The average Bonchev–Trinajstić information content (AvgIpc) is 3.17. The molecule has 0 aliphatic heterocycles. The van der Waals surface area contributed by atoms with Gasteiger partial charge in [-0.1, -0.05) is 23.7 Å². The summed E-state index contributed by atoms with van der Waals surface area (Å²) in [6, 6.07) is 11.7. The first kappa shape index (κ1) is 19.2. The van der Waals surface area contributed by atoms with Crippen LogP contribution in [0.2, 0.25) is 5.02 Å². The number of pyridine rings is 1. The fraction of sp³-hybridized carbons (Fsp3) is 0.143. The molecule has 8 heteroatoms. The lowest BCUT2D eigenvalue weighted by Gasteiger charge is -2.12. The molecule has 0 atom stereocenters. The molecule has 2 aromatic heterocycles. The second kappa shape index (κ2) is 7.69. The number of nitrogens with zero attached hydrogens (tertiary/aromatic N) is 3. The number of methoxy groups -OCH3 is 2. The van der Waals surface area contributed by atoms with Gasteiger partial charge in [0.2, 0.25) is 0 Å². The maximum absolute atomic E-state index is 14.6. The molecule has 4 aromatic rings. The van der Waals surface area contributed by atoms with Gasteiger partial charge >= 0.3 is 0 Å². The first-order valence-electron chi connectivity index (χ1n) is 8.72. The number of aromatic nitrogens is 3. The lowest BCUT2D eigenvalue weighted by Crippen LogP contribution is -2.02. The van der Waals surface area contributed by atoms with E-state index in [1.165, 1.54) is 6.07 Å². The van der Waals surface area contributed by atoms with Crippen molar-refractivity contribution in [3.63, 3.8) is 0 Å². The number of fused-ring (bicyclic) bond motifs is 1. The van der Waals surface area contributed by atoms with Crippen molar-refractivity contribution < 1.29 is 19.0 Å². The zero-order valence-electron chi connectivity index (χ0n) is 15.7. The van der Waals surface area contributed by atoms with Crippen molar-refractivity contribution in [3.05, 3.63) is 65.2 Å². The maximum Gasteiger partial charge on any atom is 0.163 e. The second-order valence-electron chi connectivity index (χ2n) is 6.25. The Morgan fingerprint density at radius 1 is 1.10 bits per heavy atom. The molecule has 0 amide bonds. The van der Waals surface area contributed by atoms with Gasteiger partial charge in [0.15, 0.2) is 17.3 Å². The molecule has 0 saturated heterocycles. The van der Waals surface area contributed by atoms with Gasteiger partial charge in [0.25, 0.3) is 0 Å². The van der Waals surface area contributed by atoms with Crippen molar-refractivity contribution >= 4 is 22.6 Å². The predicted octanol–water partition coefficient (Wildman–Crippen LogP) is 4.39. The third-order valence-corrected chi connectivity index (χ3v) is 4.93. The van der Waals surface area contributed by atoms with Crippen molar-refractivity contribution in [2.75, 3.05) is 14.2 Å². The zero-order chi connectivity index (χ0) is 20.5. The summed E-state index contributed by atoms with van der Waals surface area (Å²) in [6.45, 7) is -0.287. The SMILES string of the molecule is COc1cc2ncn(-c3ccc(CO)c(-c4cccc(Cl)c4F)n3)c2cc1OC. The molecule has 0 aliphatic rings. The van der Waals surface area contributed by atoms with Crippen LogP contribution >= 0.6 is 11.6 Å². The molecule has 0 spiro atoms. The summed E-state index contributed by atoms with van der Waals surface area (Å²) in [4.78, 5) is 9.00. The van der Waals surface area contributed by atoms with Crippen molar-refractivity contribution in [3.8, 4) is 28.6 Å². The zero-order valence-corrected chi connectivity index (χ0v) is 16.4. The Bertz CT molecular complexity index is 1210. The van der Waals surface area contributed by atoms with Crippen LogP contribution in [0, 0.1) is 5.82 Å². The Morgan fingerprint density at radius 2 is 1.86 bits per heavy atom. The van der Waals surface area contributed by atoms with E-state index in [0.717, 1.165) is 5.52 Å². The Labute approximate surface area is 171 Å². The van der Waals surface area contributed by atoms with Crippen LogP contribution in [0.1, 0.15) is 5.56 Å². The summed E-state index contributed by atoms with van der Waals surface area (Å²) in [6.07, 6.45) is 1.61. The van der Waals surface area contributed by atoms with Gasteiger partial charge in [-0.15, -0.1) is 0 Å². The molecule has 0 saturated carbocycles. The molecule has 2 heterocycles. The number of hydrogen-bond acceptors (Lipinski definition) is 5. The molecule has 4 rings (SSSR count). The number of ether oxygens (including phenoxy) is 2. The monoisotopic (exact) mass is 413 g/mol. The minimum absolute atomic E-state index is 0.0106. The van der Waals surface area contributed by atoms with Crippen LogP contribution in [0.25, 0.3) is 28.1 Å². The maximum atomic E-state index is 14.6. The van der Waals surface area contributed by atoms with Crippen LogP contribution in [0.4, 0.5) is 4.39 Å². The van der Waals surface area contributed by atoms with Crippen molar-refractivity contribution in [1.82, 2.24) is 14.5 Å². The van der Waals surface area contributed by atoms with Gasteiger partial charge in [-0.2, -0.15) is 0 Å².